The Bertz CT molecular complexity index is 204. The molecule has 1 N–H and O–H groups in total. The lowest BCUT2D eigenvalue weighted by atomic mass is 10.1. The zero-order valence-electron chi connectivity index (χ0n) is 11.3. The Morgan fingerprint density at radius 1 is 1.29 bits per heavy atom. The summed E-state index contributed by atoms with van der Waals surface area (Å²) < 4.78 is 5.63. The van der Waals surface area contributed by atoms with Crippen LogP contribution < -0.4 is 5.32 Å². The van der Waals surface area contributed by atoms with Crippen LogP contribution in [0, 0.1) is 0 Å². The van der Waals surface area contributed by atoms with E-state index in [1.807, 2.05) is 0 Å². The molecule has 2 fully saturated rings. The Morgan fingerprint density at radius 3 is 3.00 bits per heavy atom. The molecular formula is C14H28N2O. The summed E-state index contributed by atoms with van der Waals surface area (Å²) in [6.45, 7) is 8.12. The summed E-state index contributed by atoms with van der Waals surface area (Å²) in [5.41, 5.74) is 0. The van der Waals surface area contributed by atoms with E-state index in [2.05, 4.69) is 17.1 Å². The van der Waals surface area contributed by atoms with E-state index in [0.29, 0.717) is 6.10 Å². The molecule has 0 aromatic heterocycles. The van der Waals surface area contributed by atoms with Crippen molar-refractivity contribution in [2.75, 3.05) is 32.8 Å². The molecule has 0 aromatic rings. The summed E-state index contributed by atoms with van der Waals surface area (Å²) >= 11 is 0. The molecule has 0 aliphatic carbocycles. The van der Waals surface area contributed by atoms with E-state index < -0.39 is 0 Å². The molecule has 2 heterocycles. The Kier molecular flexibility index (Phi) is 5.75. The third-order valence-electron chi connectivity index (χ3n) is 4.19. The monoisotopic (exact) mass is 240 g/mol. The van der Waals surface area contributed by atoms with Gasteiger partial charge in [0.05, 0.1) is 6.10 Å². The molecule has 0 spiro atoms. The van der Waals surface area contributed by atoms with Crippen LogP contribution in [0.15, 0.2) is 0 Å². The average Bonchev–Trinajstić information content (AvgIpc) is 2.98. The maximum absolute atomic E-state index is 5.63. The lowest BCUT2D eigenvalue weighted by molar-refractivity contribution is 0.102. The van der Waals surface area contributed by atoms with Gasteiger partial charge in [-0.3, -0.25) is 4.90 Å². The van der Waals surface area contributed by atoms with Crippen LogP contribution in [-0.2, 0) is 4.74 Å². The first-order chi connectivity index (χ1) is 8.40. The molecule has 2 saturated heterocycles. The van der Waals surface area contributed by atoms with Crippen LogP contribution in [0.1, 0.15) is 45.4 Å². The fraction of sp³-hybridized carbons (Fsp3) is 1.00. The fourth-order valence-electron chi connectivity index (χ4n) is 3.14. The molecule has 2 unspecified atom stereocenters. The number of hydrogen-bond donors (Lipinski definition) is 1. The molecule has 100 valence electrons. The second-order valence-corrected chi connectivity index (χ2v) is 5.41. The van der Waals surface area contributed by atoms with Crippen LogP contribution in [0.4, 0.5) is 0 Å². The first-order valence-electron chi connectivity index (χ1n) is 7.46. The summed E-state index contributed by atoms with van der Waals surface area (Å²) in [6, 6.07) is 0.794. The van der Waals surface area contributed by atoms with Crippen molar-refractivity contribution in [3.8, 4) is 0 Å². The third kappa shape index (κ3) is 4.23. The average molecular weight is 240 g/mol. The molecule has 2 atom stereocenters. The second-order valence-electron chi connectivity index (χ2n) is 5.41. The van der Waals surface area contributed by atoms with Crippen molar-refractivity contribution in [3.63, 3.8) is 0 Å². The number of nitrogens with zero attached hydrogens (tertiary/aromatic N) is 1. The molecule has 0 amide bonds. The predicted octanol–water partition coefficient (Wildman–Crippen LogP) is 2.02. The largest absolute Gasteiger partial charge is 0.378 e. The number of rotatable bonds is 7. The first kappa shape index (κ1) is 13.3. The molecule has 2 aliphatic rings. The van der Waals surface area contributed by atoms with Gasteiger partial charge in [0.15, 0.2) is 0 Å². The van der Waals surface area contributed by atoms with Gasteiger partial charge in [0.2, 0.25) is 0 Å². The summed E-state index contributed by atoms with van der Waals surface area (Å²) in [7, 11) is 0. The van der Waals surface area contributed by atoms with Gasteiger partial charge in [-0.05, 0) is 58.2 Å². The van der Waals surface area contributed by atoms with Crippen molar-refractivity contribution in [2.45, 2.75) is 57.6 Å². The normalized spacial score (nSPS) is 30.2. The van der Waals surface area contributed by atoms with Crippen LogP contribution in [-0.4, -0.2) is 49.8 Å². The maximum Gasteiger partial charge on any atom is 0.0576 e. The number of likely N-dealkylation sites (N-methyl/N-ethyl adjacent to an activating group) is 1. The molecule has 0 bridgehead atoms. The van der Waals surface area contributed by atoms with Crippen LogP contribution in [0.5, 0.6) is 0 Å². The lowest BCUT2D eigenvalue weighted by Crippen LogP contribution is -2.38. The second kappa shape index (κ2) is 7.34. The Balaban J connectivity index is 1.48. The first-order valence-corrected chi connectivity index (χ1v) is 7.46. The maximum atomic E-state index is 5.63. The minimum absolute atomic E-state index is 0.565. The Morgan fingerprint density at radius 2 is 2.24 bits per heavy atom. The highest BCUT2D eigenvalue weighted by Crippen LogP contribution is 2.17. The quantitative estimate of drug-likeness (QED) is 0.689. The van der Waals surface area contributed by atoms with Gasteiger partial charge in [0, 0.05) is 19.2 Å². The predicted molar refractivity (Wildman–Crippen MR) is 71.3 cm³/mol. The van der Waals surface area contributed by atoms with Crippen molar-refractivity contribution in [3.05, 3.63) is 0 Å². The van der Waals surface area contributed by atoms with Crippen LogP contribution in [0.25, 0.3) is 0 Å². The van der Waals surface area contributed by atoms with E-state index in [1.165, 1.54) is 58.2 Å². The van der Waals surface area contributed by atoms with E-state index in [-0.39, 0.29) is 0 Å². The van der Waals surface area contributed by atoms with Crippen LogP contribution in [0.3, 0.4) is 0 Å². The zero-order valence-corrected chi connectivity index (χ0v) is 11.3. The van der Waals surface area contributed by atoms with Crippen molar-refractivity contribution in [1.82, 2.24) is 10.2 Å². The molecular weight excluding hydrogens is 212 g/mol. The standard InChI is InChI=1S/C14H28N2O/c1-2-16-10-4-6-13(16)12-15-9-3-7-14-8-5-11-17-14/h13-15H,2-12H2,1H3. The van der Waals surface area contributed by atoms with Crippen molar-refractivity contribution in [2.24, 2.45) is 0 Å². The highest BCUT2D eigenvalue weighted by Gasteiger charge is 2.22. The van der Waals surface area contributed by atoms with Gasteiger partial charge < -0.3 is 10.1 Å². The molecule has 0 aromatic carbocycles. The number of likely N-dealkylation sites (tertiary alicyclic amines) is 1. The Hall–Kier alpha value is -0.120. The summed E-state index contributed by atoms with van der Waals surface area (Å²) in [6.07, 6.45) is 8.40. The van der Waals surface area contributed by atoms with Gasteiger partial charge in [-0.25, -0.2) is 0 Å². The van der Waals surface area contributed by atoms with E-state index in [1.54, 1.807) is 0 Å². The van der Waals surface area contributed by atoms with Gasteiger partial charge in [0.25, 0.3) is 0 Å². The topological polar surface area (TPSA) is 24.5 Å². The molecule has 17 heavy (non-hydrogen) atoms. The van der Waals surface area contributed by atoms with E-state index in [0.717, 1.165) is 19.2 Å². The van der Waals surface area contributed by atoms with Gasteiger partial charge in [0.1, 0.15) is 0 Å². The third-order valence-corrected chi connectivity index (χ3v) is 4.19. The van der Waals surface area contributed by atoms with E-state index in [9.17, 15) is 0 Å². The highest BCUT2D eigenvalue weighted by molar-refractivity contribution is 4.79. The Labute approximate surface area is 106 Å². The minimum Gasteiger partial charge on any atom is -0.378 e. The molecule has 3 heteroatoms. The summed E-state index contributed by atoms with van der Waals surface area (Å²) in [5.74, 6) is 0. The smallest absolute Gasteiger partial charge is 0.0576 e. The van der Waals surface area contributed by atoms with Crippen molar-refractivity contribution in [1.29, 1.82) is 0 Å². The van der Waals surface area contributed by atoms with Gasteiger partial charge >= 0.3 is 0 Å². The number of nitrogens with one attached hydrogen (secondary N) is 1. The lowest BCUT2D eigenvalue weighted by Gasteiger charge is -2.23. The molecule has 2 rings (SSSR count). The molecule has 3 nitrogen and oxygen atoms in total. The summed E-state index contributed by atoms with van der Waals surface area (Å²) in [5, 5.41) is 3.62. The molecule has 2 aliphatic heterocycles. The van der Waals surface area contributed by atoms with Gasteiger partial charge in [-0.2, -0.15) is 0 Å². The van der Waals surface area contributed by atoms with E-state index >= 15 is 0 Å². The number of ether oxygens (including phenoxy) is 1. The highest BCUT2D eigenvalue weighted by atomic mass is 16.5. The minimum atomic E-state index is 0.565. The summed E-state index contributed by atoms with van der Waals surface area (Å²) in [4.78, 5) is 2.60. The van der Waals surface area contributed by atoms with E-state index in [4.69, 9.17) is 4.74 Å². The van der Waals surface area contributed by atoms with Crippen molar-refractivity contribution >= 4 is 0 Å². The fourth-order valence-corrected chi connectivity index (χ4v) is 3.14. The van der Waals surface area contributed by atoms with Crippen molar-refractivity contribution < 1.29 is 4.74 Å². The van der Waals surface area contributed by atoms with Gasteiger partial charge in [-0.1, -0.05) is 6.92 Å². The number of hydrogen-bond acceptors (Lipinski definition) is 3. The molecule has 0 radical (unpaired) electrons. The zero-order chi connectivity index (χ0) is 11.9. The SMILES string of the molecule is CCN1CCCC1CNCCCC1CCCO1. The molecule has 0 saturated carbocycles. The van der Waals surface area contributed by atoms with Gasteiger partial charge in [-0.15, -0.1) is 0 Å². The van der Waals surface area contributed by atoms with Crippen LogP contribution in [0.2, 0.25) is 0 Å². The van der Waals surface area contributed by atoms with Crippen LogP contribution >= 0.6 is 0 Å².